The van der Waals surface area contributed by atoms with Crippen molar-refractivity contribution >= 4 is 23.9 Å². The number of rotatable bonds is 8. The van der Waals surface area contributed by atoms with Crippen LogP contribution in [0.4, 0.5) is 4.79 Å². The van der Waals surface area contributed by atoms with Gasteiger partial charge in [0.1, 0.15) is 17.7 Å². The first kappa shape index (κ1) is 26.7. The van der Waals surface area contributed by atoms with Crippen LogP contribution in [0.5, 0.6) is 0 Å². The van der Waals surface area contributed by atoms with E-state index >= 15 is 0 Å². The van der Waals surface area contributed by atoms with Crippen LogP contribution in [-0.2, 0) is 19.1 Å². The first-order valence-electron chi connectivity index (χ1n) is 11.1. The van der Waals surface area contributed by atoms with Gasteiger partial charge in [0.15, 0.2) is 0 Å². The Hall–Kier alpha value is -2.32. The van der Waals surface area contributed by atoms with Gasteiger partial charge in [0.2, 0.25) is 11.8 Å². The average molecular weight is 442 g/mol. The molecule has 1 saturated heterocycles. The molecule has 0 saturated carbocycles. The summed E-state index contributed by atoms with van der Waals surface area (Å²) in [6.07, 6.45) is 0.967. The Morgan fingerprint density at radius 1 is 1.03 bits per heavy atom. The molecule has 3 N–H and O–H groups in total. The average Bonchev–Trinajstić information content (AvgIpc) is 2.67. The Balaban J connectivity index is 2.73. The number of carboxylic acids is 1. The SMILES string of the molecule is CCC(C)C(NC(=O)OC(C)(C)C)C(=O)N1CCC(C(=O)NC(C(=O)O)C(C)C)CC1. The maximum Gasteiger partial charge on any atom is 0.408 e. The molecule has 1 fully saturated rings. The summed E-state index contributed by atoms with van der Waals surface area (Å²) >= 11 is 0. The first-order valence-corrected chi connectivity index (χ1v) is 11.1. The summed E-state index contributed by atoms with van der Waals surface area (Å²) in [7, 11) is 0. The van der Waals surface area contributed by atoms with E-state index in [-0.39, 0.29) is 29.6 Å². The summed E-state index contributed by atoms with van der Waals surface area (Å²) in [5, 5.41) is 14.6. The largest absolute Gasteiger partial charge is 0.480 e. The second-order valence-corrected chi connectivity index (χ2v) is 9.68. The lowest BCUT2D eigenvalue weighted by Gasteiger charge is -2.36. The molecule has 31 heavy (non-hydrogen) atoms. The van der Waals surface area contributed by atoms with Gasteiger partial charge in [0.25, 0.3) is 0 Å². The molecule has 3 unspecified atom stereocenters. The highest BCUT2D eigenvalue weighted by Crippen LogP contribution is 2.21. The molecule has 178 valence electrons. The van der Waals surface area contributed by atoms with Crippen LogP contribution < -0.4 is 10.6 Å². The Morgan fingerprint density at radius 3 is 2.00 bits per heavy atom. The number of hydrogen-bond acceptors (Lipinski definition) is 5. The summed E-state index contributed by atoms with van der Waals surface area (Å²) in [5.74, 6) is -2.18. The number of piperidine rings is 1. The summed E-state index contributed by atoms with van der Waals surface area (Å²) in [4.78, 5) is 50.8. The van der Waals surface area contributed by atoms with E-state index in [9.17, 15) is 24.3 Å². The van der Waals surface area contributed by atoms with Crippen LogP contribution in [0.3, 0.4) is 0 Å². The van der Waals surface area contributed by atoms with Crippen molar-refractivity contribution < 1.29 is 29.0 Å². The lowest BCUT2D eigenvalue weighted by molar-refractivity contribution is -0.144. The van der Waals surface area contributed by atoms with Crippen molar-refractivity contribution in [1.82, 2.24) is 15.5 Å². The maximum absolute atomic E-state index is 13.1. The van der Waals surface area contributed by atoms with Crippen molar-refractivity contribution in [3.63, 3.8) is 0 Å². The molecule has 0 radical (unpaired) electrons. The summed E-state index contributed by atoms with van der Waals surface area (Å²) in [5.41, 5.74) is -0.664. The van der Waals surface area contributed by atoms with Crippen molar-refractivity contribution in [3.8, 4) is 0 Å². The van der Waals surface area contributed by atoms with Crippen LogP contribution in [0, 0.1) is 17.8 Å². The number of carboxylic acid groups (broad SMARTS) is 1. The Labute approximate surface area is 185 Å². The highest BCUT2D eigenvalue weighted by atomic mass is 16.6. The molecule has 3 amide bonds. The van der Waals surface area contributed by atoms with Gasteiger partial charge in [-0.25, -0.2) is 9.59 Å². The fraction of sp³-hybridized carbons (Fsp3) is 0.818. The highest BCUT2D eigenvalue weighted by molar-refractivity contribution is 5.87. The summed E-state index contributed by atoms with van der Waals surface area (Å²) < 4.78 is 5.30. The standard InChI is InChI=1S/C22H39N3O6/c1-8-14(4)17(24-21(30)31-22(5,6)7)19(27)25-11-9-15(10-12-25)18(26)23-16(13(2)3)20(28)29/h13-17H,8-12H2,1-7H3,(H,23,26)(H,24,30)(H,28,29). The monoisotopic (exact) mass is 441 g/mol. The van der Waals surface area contributed by atoms with Gasteiger partial charge in [-0.15, -0.1) is 0 Å². The number of carbonyl (C=O) groups is 4. The minimum Gasteiger partial charge on any atom is -0.480 e. The Bertz CT molecular complexity index is 650. The molecule has 0 aliphatic carbocycles. The third-order valence-electron chi connectivity index (χ3n) is 5.56. The number of alkyl carbamates (subject to hydrolysis) is 1. The van der Waals surface area contributed by atoms with E-state index in [1.54, 1.807) is 39.5 Å². The molecule has 1 heterocycles. The van der Waals surface area contributed by atoms with Crippen LogP contribution in [-0.4, -0.2) is 64.7 Å². The lowest BCUT2D eigenvalue weighted by Crippen LogP contribution is -2.55. The van der Waals surface area contributed by atoms with Gasteiger partial charge in [-0.05, 0) is 45.4 Å². The maximum atomic E-state index is 13.1. The van der Waals surface area contributed by atoms with Gasteiger partial charge in [-0.3, -0.25) is 9.59 Å². The quantitative estimate of drug-likeness (QED) is 0.531. The predicted octanol–water partition coefficient (Wildman–Crippen LogP) is 2.39. The van der Waals surface area contributed by atoms with Crippen molar-refractivity contribution in [2.75, 3.05) is 13.1 Å². The number of aliphatic carboxylic acids is 1. The van der Waals surface area contributed by atoms with Gasteiger partial charge < -0.3 is 25.4 Å². The van der Waals surface area contributed by atoms with Crippen LogP contribution >= 0.6 is 0 Å². The minimum atomic E-state index is -1.06. The third-order valence-corrected chi connectivity index (χ3v) is 5.56. The number of nitrogens with one attached hydrogen (secondary N) is 2. The molecule has 1 rings (SSSR count). The summed E-state index contributed by atoms with van der Waals surface area (Å²) in [6, 6.07) is -1.64. The second-order valence-electron chi connectivity index (χ2n) is 9.68. The van der Waals surface area contributed by atoms with Crippen molar-refractivity contribution in [2.24, 2.45) is 17.8 Å². The van der Waals surface area contributed by atoms with E-state index in [0.29, 0.717) is 32.4 Å². The number of ether oxygens (including phenoxy) is 1. The number of amides is 3. The van der Waals surface area contributed by atoms with Gasteiger partial charge in [-0.2, -0.15) is 0 Å². The molecule has 1 aliphatic heterocycles. The van der Waals surface area contributed by atoms with Crippen molar-refractivity contribution in [3.05, 3.63) is 0 Å². The van der Waals surface area contributed by atoms with Gasteiger partial charge in [-0.1, -0.05) is 34.1 Å². The van der Waals surface area contributed by atoms with Gasteiger partial charge >= 0.3 is 12.1 Å². The van der Waals surface area contributed by atoms with Crippen LogP contribution in [0.15, 0.2) is 0 Å². The molecule has 9 nitrogen and oxygen atoms in total. The fourth-order valence-corrected chi connectivity index (χ4v) is 3.46. The molecule has 0 spiro atoms. The number of likely N-dealkylation sites (tertiary alicyclic amines) is 1. The number of carbonyl (C=O) groups excluding carboxylic acids is 3. The zero-order valence-electron chi connectivity index (χ0n) is 19.9. The van der Waals surface area contributed by atoms with E-state index in [4.69, 9.17) is 4.74 Å². The van der Waals surface area contributed by atoms with Gasteiger partial charge in [0.05, 0.1) is 0 Å². The highest BCUT2D eigenvalue weighted by Gasteiger charge is 2.35. The van der Waals surface area contributed by atoms with E-state index < -0.39 is 29.7 Å². The zero-order chi connectivity index (χ0) is 23.9. The summed E-state index contributed by atoms with van der Waals surface area (Å²) in [6.45, 7) is 13.4. The molecule has 3 atom stereocenters. The molecule has 0 aromatic carbocycles. The molecule has 0 bridgehead atoms. The molecule has 0 aromatic heterocycles. The molecule has 0 aromatic rings. The van der Waals surface area contributed by atoms with E-state index in [1.807, 2.05) is 13.8 Å². The smallest absolute Gasteiger partial charge is 0.408 e. The van der Waals surface area contributed by atoms with E-state index in [1.165, 1.54) is 0 Å². The Morgan fingerprint density at radius 2 is 1.58 bits per heavy atom. The Kier molecular flexibility index (Phi) is 9.77. The first-order chi connectivity index (χ1) is 14.3. The van der Waals surface area contributed by atoms with E-state index in [2.05, 4.69) is 10.6 Å². The fourth-order valence-electron chi connectivity index (χ4n) is 3.46. The molecule has 9 heteroatoms. The molecular formula is C22H39N3O6. The topological polar surface area (TPSA) is 125 Å². The van der Waals surface area contributed by atoms with Crippen LogP contribution in [0.2, 0.25) is 0 Å². The normalized spacial score (nSPS) is 18.1. The minimum absolute atomic E-state index is 0.0802. The second kappa shape index (κ2) is 11.3. The van der Waals surface area contributed by atoms with Crippen molar-refractivity contribution in [2.45, 2.75) is 85.4 Å². The van der Waals surface area contributed by atoms with Crippen LogP contribution in [0.1, 0.15) is 67.7 Å². The predicted molar refractivity (Wildman–Crippen MR) is 116 cm³/mol. The molecule has 1 aliphatic rings. The van der Waals surface area contributed by atoms with Gasteiger partial charge in [0, 0.05) is 19.0 Å². The molecular weight excluding hydrogens is 402 g/mol. The van der Waals surface area contributed by atoms with E-state index in [0.717, 1.165) is 0 Å². The zero-order valence-corrected chi connectivity index (χ0v) is 19.9. The van der Waals surface area contributed by atoms with Crippen LogP contribution in [0.25, 0.3) is 0 Å². The number of nitrogens with zero attached hydrogens (tertiary/aromatic N) is 1. The number of hydrogen-bond donors (Lipinski definition) is 3. The third kappa shape index (κ3) is 8.38. The lowest BCUT2D eigenvalue weighted by atomic mass is 9.92. The van der Waals surface area contributed by atoms with Crippen molar-refractivity contribution in [1.29, 1.82) is 0 Å².